The van der Waals surface area contributed by atoms with Crippen molar-refractivity contribution in [2.75, 3.05) is 6.61 Å². The molecule has 24 heavy (non-hydrogen) atoms. The van der Waals surface area contributed by atoms with Crippen LogP contribution in [0.25, 0.3) is 21.8 Å². The van der Waals surface area contributed by atoms with Crippen LogP contribution in [0.2, 0.25) is 0 Å². The molecule has 0 aliphatic heterocycles. The largest absolute Gasteiger partial charge is 0.491 e. The van der Waals surface area contributed by atoms with Gasteiger partial charge in [-0.15, -0.1) is 0 Å². The van der Waals surface area contributed by atoms with Crippen LogP contribution in [0.15, 0.2) is 34.0 Å². The number of nitrogens with zero attached hydrogens (tertiary/aromatic N) is 2. The summed E-state index contributed by atoms with van der Waals surface area (Å²) < 4.78 is 7.03. The van der Waals surface area contributed by atoms with Crippen LogP contribution in [0.5, 0.6) is 5.75 Å². The predicted octanol–water partition coefficient (Wildman–Crippen LogP) is 2.68. The van der Waals surface area contributed by atoms with Gasteiger partial charge in [0.25, 0.3) is 5.56 Å². The molecule has 0 saturated heterocycles. The van der Waals surface area contributed by atoms with Crippen molar-refractivity contribution in [3.63, 3.8) is 0 Å². The van der Waals surface area contributed by atoms with Crippen LogP contribution < -0.4 is 16.0 Å². The number of nitrogens with one attached hydrogen (secondary N) is 1. The van der Waals surface area contributed by atoms with Crippen molar-refractivity contribution in [1.29, 1.82) is 0 Å². The number of hydrogen-bond acceptors (Lipinski definition) is 4. The summed E-state index contributed by atoms with van der Waals surface area (Å²) in [5.74, 6) is 1.04. The van der Waals surface area contributed by atoms with E-state index in [1.807, 2.05) is 25.1 Å². The van der Waals surface area contributed by atoms with Gasteiger partial charge in [-0.1, -0.05) is 32.9 Å². The van der Waals surface area contributed by atoms with Crippen LogP contribution in [0.1, 0.15) is 27.2 Å². The van der Waals surface area contributed by atoms with Crippen molar-refractivity contribution in [2.45, 2.75) is 33.7 Å². The van der Waals surface area contributed by atoms with E-state index in [9.17, 15) is 9.59 Å². The average molecular weight is 327 g/mol. The summed E-state index contributed by atoms with van der Waals surface area (Å²) in [7, 11) is 0. The summed E-state index contributed by atoms with van der Waals surface area (Å²) in [6.07, 6.45) is 2.23. The number of ether oxygens (including phenoxy) is 1. The lowest BCUT2D eigenvalue weighted by Gasteiger charge is -2.12. The summed E-state index contributed by atoms with van der Waals surface area (Å²) in [5, 5.41) is 1.13. The van der Waals surface area contributed by atoms with Crippen molar-refractivity contribution in [3.8, 4) is 5.75 Å². The van der Waals surface area contributed by atoms with Gasteiger partial charge >= 0.3 is 5.69 Å². The minimum atomic E-state index is -0.393. The standard InChI is InChI=1S/C18H21N3O3/c1-4-8-21-17(22)13-9-19-16-12(15(13)20-18(21)23)6-5-7-14(16)24-10-11(2)3/h5-7,9,11H,4,8,10H2,1-3H3,(H,20,23). The second-order valence-corrected chi connectivity index (χ2v) is 6.29. The molecule has 0 spiro atoms. The maximum absolute atomic E-state index is 12.6. The number of benzene rings is 1. The minimum absolute atomic E-state index is 0.307. The topological polar surface area (TPSA) is 77.0 Å². The third-order valence-corrected chi connectivity index (χ3v) is 3.83. The molecule has 0 bridgehead atoms. The lowest BCUT2D eigenvalue weighted by atomic mass is 10.1. The van der Waals surface area contributed by atoms with E-state index < -0.39 is 5.69 Å². The molecule has 0 amide bonds. The van der Waals surface area contributed by atoms with Crippen molar-refractivity contribution in [2.24, 2.45) is 5.92 Å². The van der Waals surface area contributed by atoms with E-state index in [-0.39, 0.29) is 5.56 Å². The van der Waals surface area contributed by atoms with Crippen LogP contribution in [0.3, 0.4) is 0 Å². The molecule has 0 atom stereocenters. The SMILES string of the molecule is CCCn1c(=O)[nH]c2c(cnc3c(OCC(C)C)cccc32)c1=O. The van der Waals surface area contributed by atoms with Gasteiger partial charge in [-0.05, 0) is 18.4 Å². The van der Waals surface area contributed by atoms with Crippen LogP contribution in [0, 0.1) is 5.92 Å². The van der Waals surface area contributed by atoms with Gasteiger partial charge in [0, 0.05) is 18.1 Å². The summed E-state index contributed by atoms with van der Waals surface area (Å²) in [6, 6.07) is 5.53. The lowest BCUT2D eigenvalue weighted by molar-refractivity contribution is 0.273. The van der Waals surface area contributed by atoms with E-state index in [0.717, 1.165) is 0 Å². The molecule has 6 heteroatoms. The molecular formula is C18H21N3O3. The third kappa shape index (κ3) is 2.79. The molecule has 1 N–H and O–H groups in total. The molecule has 126 valence electrons. The minimum Gasteiger partial charge on any atom is -0.491 e. The first-order valence-electron chi connectivity index (χ1n) is 8.20. The Morgan fingerprint density at radius 3 is 2.75 bits per heavy atom. The average Bonchev–Trinajstić information content (AvgIpc) is 2.56. The molecule has 0 unspecified atom stereocenters. The Morgan fingerprint density at radius 1 is 1.25 bits per heavy atom. The summed E-state index contributed by atoms with van der Waals surface area (Å²) >= 11 is 0. The number of hydrogen-bond donors (Lipinski definition) is 1. The highest BCUT2D eigenvalue weighted by Gasteiger charge is 2.13. The third-order valence-electron chi connectivity index (χ3n) is 3.83. The van der Waals surface area contributed by atoms with E-state index in [1.165, 1.54) is 10.8 Å². The van der Waals surface area contributed by atoms with E-state index >= 15 is 0 Å². The monoisotopic (exact) mass is 327 g/mol. The fourth-order valence-electron chi connectivity index (χ4n) is 2.70. The number of aromatic nitrogens is 3. The molecule has 0 aliphatic carbocycles. The highest BCUT2D eigenvalue weighted by atomic mass is 16.5. The van der Waals surface area contributed by atoms with E-state index in [2.05, 4.69) is 23.8 Å². The number of para-hydroxylation sites is 1. The maximum atomic E-state index is 12.6. The Hall–Kier alpha value is -2.63. The van der Waals surface area contributed by atoms with Gasteiger partial charge in [0.1, 0.15) is 11.3 Å². The van der Waals surface area contributed by atoms with Gasteiger partial charge in [0.2, 0.25) is 0 Å². The zero-order valence-corrected chi connectivity index (χ0v) is 14.1. The Labute approximate surface area is 139 Å². The highest BCUT2D eigenvalue weighted by Crippen LogP contribution is 2.27. The second kappa shape index (κ2) is 6.47. The Kier molecular flexibility index (Phi) is 4.38. The molecule has 0 saturated carbocycles. The number of fused-ring (bicyclic) bond motifs is 3. The van der Waals surface area contributed by atoms with Gasteiger partial charge in [-0.3, -0.25) is 14.3 Å². The van der Waals surface area contributed by atoms with Gasteiger partial charge < -0.3 is 9.72 Å². The normalized spacial score (nSPS) is 11.5. The van der Waals surface area contributed by atoms with E-state index in [0.29, 0.717) is 53.0 Å². The van der Waals surface area contributed by atoms with Crippen LogP contribution in [-0.4, -0.2) is 21.1 Å². The number of rotatable bonds is 5. The molecule has 0 radical (unpaired) electrons. The Bertz CT molecular complexity index is 1000. The van der Waals surface area contributed by atoms with Gasteiger partial charge in [-0.25, -0.2) is 4.79 Å². The van der Waals surface area contributed by atoms with E-state index in [4.69, 9.17) is 4.74 Å². The highest BCUT2D eigenvalue weighted by molar-refractivity contribution is 6.04. The first-order valence-corrected chi connectivity index (χ1v) is 8.20. The fourth-order valence-corrected chi connectivity index (χ4v) is 2.70. The fraction of sp³-hybridized carbons (Fsp3) is 0.389. The van der Waals surface area contributed by atoms with Crippen LogP contribution in [-0.2, 0) is 6.54 Å². The number of H-pyrrole nitrogens is 1. The molecule has 6 nitrogen and oxygen atoms in total. The Balaban J connectivity index is 2.26. The zero-order chi connectivity index (χ0) is 17.3. The smallest absolute Gasteiger partial charge is 0.328 e. The predicted molar refractivity (Wildman–Crippen MR) is 94.8 cm³/mol. The quantitative estimate of drug-likeness (QED) is 0.731. The summed E-state index contributed by atoms with van der Waals surface area (Å²) in [6.45, 7) is 7.03. The molecule has 2 aromatic heterocycles. The van der Waals surface area contributed by atoms with Crippen molar-refractivity contribution < 1.29 is 4.74 Å². The molecule has 0 aliphatic rings. The van der Waals surface area contributed by atoms with Gasteiger partial charge in [0.15, 0.2) is 0 Å². The van der Waals surface area contributed by atoms with Crippen LogP contribution >= 0.6 is 0 Å². The summed E-state index contributed by atoms with van der Waals surface area (Å²) in [4.78, 5) is 32.0. The number of pyridine rings is 1. The first kappa shape index (κ1) is 16.2. The maximum Gasteiger partial charge on any atom is 0.328 e. The number of aromatic amines is 1. The molecule has 1 aromatic carbocycles. The molecule has 3 aromatic rings. The molecule has 3 rings (SSSR count). The van der Waals surface area contributed by atoms with Gasteiger partial charge in [-0.2, -0.15) is 0 Å². The summed E-state index contributed by atoms with van der Waals surface area (Å²) in [5.41, 5.74) is 0.458. The van der Waals surface area contributed by atoms with Crippen LogP contribution in [0.4, 0.5) is 0 Å². The Morgan fingerprint density at radius 2 is 2.04 bits per heavy atom. The molecule has 2 heterocycles. The van der Waals surface area contributed by atoms with E-state index in [1.54, 1.807) is 0 Å². The van der Waals surface area contributed by atoms with Crippen molar-refractivity contribution >= 4 is 21.8 Å². The zero-order valence-electron chi connectivity index (χ0n) is 14.1. The second-order valence-electron chi connectivity index (χ2n) is 6.29. The van der Waals surface area contributed by atoms with Crippen molar-refractivity contribution in [3.05, 3.63) is 45.2 Å². The lowest BCUT2D eigenvalue weighted by Crippen LogP contribution is -2.35. The van der Waals surface area contributed by atoms with Gasteiger partial charge in [0.05, 0.1) is 17.5 Å². The first-order chi connectivity index (χ1) is 11.5. The van der Waals surface area contributed by atoms with Crippen molar-refractivity contribution in [1.82, 2.24) is 14.5 Å². The molecular weight excluding hydrogens is 306 g/mol. The molecule has 0 fully saturated rings.